The number of amides is 1. The molecular weight excluding hydrogens is 396 g/mol. The predicted molar refractivity (Wildman–Crippen MR) is 111 cm³/mol. The second-order valence-electron chi connectivity index (χ2n) is 6.16. The van der Waals surface area contributed by atoms with E-state index in [1.165, 1.54) is 0 Å². The first kappa shape index (κ1) is 24.1. The van der Waals surface area contributed by atoms with Crippen LogP contribution in [0.4, 0.5) is 0 Å². The Kier molecular flexibility index (Phi) is 13.0. The number of rotatable bonds is 18. The van der Waals surface area contributed by atoms with Crippen LogP contribution in [0.15, 0.2) is 23.1 Å². The molecule has 0 unspecified atom stereocenters. The van der Waals surface area contributed by atoms with E-state index in [0.29, 0.717) is 79.2 Å². The number of hydrogen-bond acceptors (Lipinski definition) is 8. The number of fused-ring (bicyclic) bond motifs is 1. The zero-order chi connectivity index (χ0) is 20.6. The molecule has 0 fully saturated rings. The van der Waals surface area contributed by atoms with Crippen LogP contribution in [0.5, 0.6) is 0 Å². The Labute approximate surface area is 176 Å². The Morgan fingerprint density at radius 3 is 1.97 bits per heavy atom. The standard InChI is InChI=1S/C20H32N2O6S/c21-4-5-24-6-7-25-8-9-26-10-11-27-12-13-28-14-15-29-19-3-1-2-17-18(19)16-22-20(17)23/h1-3H,4-16,21H2,(H,22,23). The quantitative estimate of drug-likeness (QED) is 0.264. The highest BCUT2D eigenvalue weighted by atomic mass is 32.2. The van der Waals surface area contributed by atoms with E-state index >= 15 is 0 Å². The van der Waals surface area contributed by atoms with Crippen LogP contribution in [-0.4, -0.2) is 84.3 Å². The van der Waals surface area contributed by atoms with Gasteiger partial charge in [0.25, 0.3) is 5.91 Å². The Hall–Kier alpha value is -1.20. The monoisotopic (exact) mass is 428 g/mol. The van der Waals surface area contributed by atoms with E-state index in [-0.39, 0.29) is 5.91 Å². The summed E-state index contributed by atoms with van der Waals surface area (Å²) in [5.74, 6) is 0.852. The molecule has 0 saturated carbocycles. The van der Waals surface area contributed by atoms with Gasteiger partial charge in [-0.2, -0.15) is 0 Å². The number of benzene rings is 1. The van der Waals surface area contributed by atoms with Crippen molar-refractivity contribution in [2.45, 2.75) is 11.4 Å². The van der Waals surface area contributed by atoms with Gasteiger partial charge in [-0.25, -0.2) is 0 Å². The van der Waals surface area contributed by atoms with E-state index < -0.39 is 0 Å². The summed E-state index contributed by atoms with van der Waals surface area (Å²) in [6, 6.07) is 5.84. The van der Waals surface area contributed by atoms with Crippen molar-refractivity contribution in [1.82, 2.24) is 5.32 Å². The average Bonchev–Trinajstić information content (AvgIpc) is 3.12. The van der Waals surface area contributed by atoms with E-state index in [1.54, 1.807) is 11.8 Å². The van der Waals surface area contributed by atoms with E-state index in [4.69, 9.17) is 29.4 Å². The van der Waals surface area contributed by atoms with E-state index in [1.807, 2.05) is 18.2 Å². The van der Waals surface area contributed by atoms with Crippen molar-refractivity contribution in [2.24, 2.45) is 5.73 Å². The number of nitrogens with two attached hydrogens (primary N) is 1. The highest BCUT2D eigenvalue weighted by Gasteiger charge is 2.20. The lowest BCUT2D eigenvalue weighted by Crippen LogP contribution is -2.15. The number of ether oxygens (including phenoxy) is 5. The third kappa shape index (κ3) is 9.90. The van der Waals surface area contributed by atoms with Crippen molar-refractivity contribution in [3.8, 4) is 0 Å². The zero-order valence-electron chi connectivity index (χ0n) is 16.9. The fraction of sp³-hybridized carbons (Fsp3) is 0.650. The van der Waals surface area contributed by atoms with Gasteiger partial charge in [0.15, 0.2) is 0 Å². The summed E-state index contributed by atoms with van der Waals surface area (Å²) in [7, 11) is 0. The lowest BCUT2D eigenvalue weighted by molar-refractivity contribution is -0.00951. The second kappa shape index (κ2) is 15.6. The molecular formula is C20H32N2O6S. The summed E-state index contributed by atoms with van der Waals surface area (Å²) in [5, 5.41) is 2.86. The first-order valence-corrected chi connectivity index (χ1v) is 10.9. The van der Waals surface area contributed by atoms with Gasteiger partial charge in [-0.1, -0.05) is 6.07 Å². The fourth-order valence-corrected chi connectivity index (χ4v) is 3.59. The smallest absolute Gasteiger partial charge is 0.251 e. The molecule has 2 rings (SSSR count). The van der Waals surface area contributed by atoms with Crippen LogP contribution in [-0.2, 0) is 30.2 Å². The van der Waals surface area contributed by atoms with Crippen molar-refractivity contribution in [1.29, 1.82) is 0 Å². The highest BCUT2D eigenvalue weighted by Crippen LogP contribution is 2.28. The van der Waals surface area contributed by atoms with E-state index in [9.17, 15) is 4.79 Å². The molecule has 0 spiro atoms. The molecule has 8 nitrogen and oxygen atoms in total. The van der Waals surface area contributed by atoms with Crippen LogP contribution in [0, 0.1) is 0 Å². The van der Waals surface area contributed by atoms with Crippen LogP contribution >= 0.6 is 11.8 Å². The maximum absolute atomic E-state index is 11.7. The molecule has 0 saturated heterocycles. The van der Waals surface area contributed by atoms with Crippen LogP contribution in [0.1, 0.15) is 15.9 Å². The number of carbonyl (C=O) groups excluding carboxylic acids is 1. The predicted octanol–water partition coefficient (Wildman–Crippen LogP) is 1.06. The van der Waals surface area contributed by atoms with Crippen molar-refractivity contribution in [3.63, 3.8) is 0 Å². The van der Waals surface area contributed by atoms with Gasteiger partial charge in [0, 0.05) is 29.3 Å². The summed E-state index contributed by atoms with van der Waals surface area (Å²) in [5.41, 5.74) is 7.19. The van der Waals surface area contributed by atoms with Gasteiger partial charge < -0.3 is 34.7 Å². The van der Waals surface area contributed by atoms with Gasteiger partial charge in [-0.3, -0.25) is 4.79 Å². The average molecular weight is 429 g/mol. The van der Waals surface area contributed by atoms with Gasteiger partial charge in [-0.05, 0) is 17.7 Å². The molecule has 0 atom stereocenters. The number of nitrogens with one attached hydrogen (secondary N) is 1. The molecule has 164 valence electrons. The van der Waals surface area contributed by atoms with Gasteiger partial charge in [0.1, 0.15) is 0 Å². The van der Waals surface area contributed by atoms with Crippen molar-refractivity contribution < 1.29 is 28.5 Å². The topological polar surface area (TPSA) is 101 Å². The third-order valence-electron chi connectivity index (χ3n) is 4.04. The summed E-state index contributed by atoms with van der Waals surface area (Å²) in [6.07, 6.45) is 0. The molecule has 0 aromatic heterocycles. The van der Waals surface area contributed by atoms with Gasteiger partial charge in [0.05, 0.1) is 66.1 Å². The zero-order valence-corrected chi connectivity index (χ0v) is 17.7. The molecule has 0 bridgehead atoms. The van der Waals surface area contributed by atoms with Gasteiger partial charge in [-0.15, -0.1) is 11.8 Å². The van der Waals surface area contributed by atoms with Crippen LogP contribution in [0.2, 0.25) is 0 Å². The van der Waals surface area contributed by atoms with Crippen LogP contribution in [0.3, 0.4) is 0 Å². The Morgan fingerprint density at radius 1 is 0.828 bits per heavy atom. The number of thioether (sulfide) groups is 1. The van der Waals surface area contributed by atoms with Crippen molar-refractivity contribution in [2.75, 3.05) is 78.4 Å². The minimum Gasteiger partial charge on any atom is -0.378 e. The molecule has 1 aromatic rings. The van der Waals surface area contributed by atoms with Crippen LogP contribution < -0.4 is 11.1 Å². The van der Waals surface area contributed by atoms with E-state index in [2.05, 4.69) is 5.32 Å². The first-order chi connectivity index (χ1) is 14.3. The Balaban J connectivity index is 1.34. The molecule has 1 amide bonds. The van der Waals surface area contributed by atoms with E-state index in [0.717, 1.165) is 21.8 Å². The Bertz CT molecular complexity index is 590. The first-order valence-electron chi connectivity index (χ1n) is 9.94. The van der Waals surface area contributed by atoms with Crippen molar-refractivity contribution in [3.05, 3.63) is 29.3 Å². The minimum atomic E-state index is 0.0141. The fourth-order valence-electron chi connectivity index (χ4n) is 2.64. The van der Waals surface area contributed by atoms with Gasteiger partial charge >= 0.3 is 0 Å². The molecule has 29 heavy (non-hydrogen) atoms. The molecule has 0 radical (unpaired) electrons. The van der Waals surface area contributed by atoms with Crippen molar-refractivity contribution >= 4 is 17.7 Å². The normalized spacial score (nSPS) is 12.9. The maximum Gasteiger partial charge on any atom is 0.251 e. The number of hydrogen-bond donors (Lipinski definition) is 2. The molecule has 3 N–H and O–H groups in total. The largest absolute Gasteiger partial charge is 0.378 e. The molecule has 1 aromatic carbocycles. The molecule has 1 aliphatic rings. The summed E-state index contributed by atoms with van der Waals surface area (Å²) in [4.78, 5) is 12.8. The number of carbonyl (C=O) groups is 1. The minimum absolute atomic E-state index is 0.0141. The lowest BCUT2D eigenvalue weighted by Gasteiger charge is -2.08. The Morgan fingerprint density at radius 2 is 1.38 bits per heavy atom. The molecule has 1 aliphatic heterocycles. The molecule has 9 heteroatoms. The SMILES string of the molecule is NCCOCCOCCOCCOCCOCCSc1cccc2c1CNC2=O. The lowest BCUT2D eigenvalue weighted by atomic mass is 10.1. The maximum atomic E-state index is 11.7. The summed E-state index contributed by atoms with van der Waals surface area (Å²) < 4.78 is 27.0. The van der Waals surface area contributed by atoms with Crippen LogP contribution in [0.25, 0.3) is 0 Å². The summed E-state index contributed by atoms with van der Waals surface area (Å²) in [6.45, 7) is 6.72. The second-order valence-corrected chi connectivity index (χ2v) is 7.30. The third-order valence-corrected chi connectivity index (χ3v) is 5.10. The highest BCUT2D eigenvalue weighted by molar-refractivity contribution is 7.99. The molecule has 1 heterocycles. The summed E-state index contributed by atoms with van der Waals surface area (Å²) >= 11 is 1.71. The van der Waals surface area contributed by atoms with Gasteiger partial charge in [0.2, 0.25) is 0 Å². The molecule has 0 aliphatic carbocycles.